The zero-order valence-electron chi connectivity index (χ0n) is 36.7. The van der Waals surface area contributed by atoms with E-state index in [-0.39, 0.29) is 0 Å². The molecular weight excluding hydrogens is 844 g/mol. The molecule has 0 saturated heterocycles. The second kappa shape index (κ2) is 16.3. The molecule has 0 N–H and O–H groups in total. The van der Waals surface area contributed by atoms with Crippen LogP contribution in [0.4, 0.5) is 13.2 Å². The number of aromatic nitrogens is 2. The minimum absolute atomic E-state index is 0.380. The Labute approximate surface area is 390 Å². The Morgan fingerprint density at radius 1 is 0.412 bits per heavy atom. The second-order valence-electron chi connectivity index (χ2n) is 17.4. The van der Waals surface area contributed by atoms with Crippen molar-refractivity contribution in [3.8, 4) is 50.8 Å². The van der Waals surface area contributed by atoms with Gasteiger partial charge in [-0.2, -0.15) is 18.4 Å². The van der Waals surface area contributed by atoms with E-state index in [2.05, 4.69) is 137 Å². The van der Waals surface area contributed by atoms with Crippen molar-refractivity contribution in [2.45, 2.75) is 19.0 Å². The summed E-state index contributed by atoms with van der Waals surface area (Å²) in [7, 11) is 0. The van der Waals surface area contributed by atoms with Crippen LogP contribution in [0.5, 0.6) is 0 Å². The van der Waals surface area contributed by atoms with E-state index in [9.17, 15) is 18.4 Å². The first kappa shape index (κ1) is 40.8. The minimum atomic E-state index is -4.57. The van der Waals surface area contributed by atoms with Crippen LogP contribution in [0, 0.1) is 11.3 Å². The molecule has 2 aliphatic rings. The molecular formula is C62H40F3N3. The van der Waals surface area contributed by atoms with Gasteiger partial charge in [-0.05, 0) is 116 Å². The molecule has 10 aromatic rings. The zero-order chi connectivity index (χ0) is 45.9. The number of benzene rings is 8. The molecule has 0 bridgehead atoms. The van der Waals surface area contributed by atoms with E-state index in [1.54, 1.807) is 6.07 Å². The van der Waals surface area contributed by atoms with Gasteiger partial charge < -0.3 is 9.13 Å². The highest BCUT2D eigenvalue weighted by Gasteiger charge is 2.31. The Morgan fingerprint density at radius 2 is 0.853 bits per heavy atom. The number of hydrogen-bond acceptors (Lipinski definition) is 1. The van der Waals surface area contributed by atoms with Crippen LogP contribution in [0.25, 0.3) is 99.5 Å². The smallest absolute Gasteiger partial charge is 0.308 e. The largest absolute Gasteiger partial charge is 0.416 e. The van der Waals surface area contributed by atoms with Crippen LogP contribution in [0.3, 0.4) is 0 Å². The van der Waals surface area contributed by atoms with Crippen LogP contribution in [0.2, 0.25) is 0 Å². The lowest BCUT2D eigenvalue weighted by Crippen LogP contribution is -2.09. The Hall–Kier alpha value is -8.66. The number of fused-ring (bicyclic) bond motifs is 6. The number of nitrogens with zero attached hydrogens (tertiary/aromatic N) is 3. The summed E-state index contributed by atoms with van der Waals surface area (Å²) in [4.78, 5) is 0. The summed E-state index contributed by atoms with van der Waals surface area (Å²) >= 11 is 0. The van der Waals surface area contributed by atoms with Gasteiger partial charge in [-0.1, -0.05) is 170 Å². The van der Waals surface area contributed by atoms with Crippen LogP contribution < -0.4 is 10.4 Å². The van der Waals surface area contributed by atoms with E-state index in [0.29, 0.717) is 28.1 Å². The summed E-state index contributed by atoms with van der Waals surface area (Å²) in [5.74, 6) is 0. The minimum Gasteiger partial charge on any atom is -0.308 e. The normalized spacial score (nSPS) is 15.3. The predicted octanol–water partition coefficient (Wildman–Crippen LogP) is 15.1. The molecule has 3 nitrogen and oxygen atoms in total. The van der Waals surface area contributed by atoms with Gasteiger partial charge in [-0.15, -0.1) is 0 Å². The summed E-state index contributed by atoms with van der Waals surface area (Å²) in [6.07, 6.45) is 13.7. The maximum atomic E-state index is 14.6. The van der Waals surface area contributed by atoms with Gasteiger partial charge in [-0.25, -0.2) is 0 Å². The number of halogens is 3. The molecule has 0 aliphatic heterocycles. The molecule has 0 atom stereocenters. The zero-order valence-corrected chi connectivity index (χ0v) is 36.7. The quantitative estimate of drug-likeness (QED) is 0.170. The third-order valence-electron chi connectivity index (χ3n) is 13.5. The third kappa shape index (κ3) is 6.99. The Kier molecular flexibility index (Phi) is 9.81. The Bertz CT molecular complexity index is 3810. The summed E-state index contributed by atoms with van der Waals surface area (Å²) < 4.78 is 48.0. The SMILES string of the molecule is N#Cc1c(-n2c3cc(-c4ccccc4)ccc3c3ccc(-c4ccccc4)cc32)cc(-c2cccc(C(F)(F)F)c2)cc1-n1c2cc(=C3C=CC=CC3)ccc2c2ccc(=C3C=CC=CC3)cc21. The van der Waals surface area contributed by atoms with E-state index in [1.165, 1.54) is 12.1 Å². The average Bonchev–Trinajstić information content (AvgIpc) is 3.90. The van der Waals surface area contributed by atoms with E-state index < -0.39 is 11.7 Å². The Morgan fingerprint density at radius 3 is 1.29 bits per heavy atom. The number of alkyl halides is 3. The fourth-order valence-corrected chi connectivity index (χ4v) is 10.2. The summed E-state index contributed by atoms with van der Waals surface area (Å²) in [6.45, 7) is 0. The molecule has 0 unspecified atom stereocenters. The number of nitriles is 1. The molecule has 6 heteroatoms. The topological polar surface area (TPSA) is 33.6 Å². The molecule has 2 heterocycles. The van der Waals surface area contributed by atoms with Crippen molar-refractivity contribution in [1.29, 1.82) is 5.26 Å². The third-order valence-corrected chi connectivity index (χ3v) is 13.5. The fraction of sp³-hybridized carbons (Fsp3) is 0.0484. The standard InChI is InChI=1S/C62H40F3N3/c63-62(64,65)50-23-13-22-44(32-50)49-37-60(67-56-33-45(40-14-5-1-6-15-40)24-28-51(56)52-29-25-46(34-57(52)67)41-16-7-2-8-17-41)55(39-66)61(38-49)68-58-35-47(42-18-9-3-10-19-42)26-30-53(58)54-31-27-48(36-59(54)68)43-20-11-4-12-21-43/h1-18,20,22-38H,19,21H2. The first-order valence-electron chi connectivity index (χ1n) is 22.7. The van der Waals surface area contributed by atoms with Gasteiger partial charge in [0.2, 0.25) is 0 Å². The van der Waals surface area contributed by atoms with Gasteiger partial charge in [0.25, 0.3) is 0 Å². The van der Waals surface area contributed by atoms with Crippen molar-refractivity contribution in [3.05, 3.63) is 240 Å². The highest BCUT2D eigenvalue weighted by molar-refractivity contribution is 6.12. The first-order valence-corrected chi connectivity index (χ1v) is 22.7. The van der Waals surface area contributed by atoms with Gasteiger partial charge in [0.1, 0.15) is 11.6 Å². The molecule has 2 aromatic heterocycles. The molecule has 68 heavy (non-hydrogen) atoms. The molecule has 0 saturated carbocycles. The molecule has 12 rings (SSSR count). The maximum Gasteiger partial charge on any atom is 0.416 e. The number of rotatable bonds is 5. The van der Waals surface area contributed by atoms with E-state index in [1.807, 2.05) is 72.8 Å². The summed E-state index contributed by atoms with van der Waals surface area (Å²) in [5, 5.41) is 17.9. The van der Waals surface area contributed by atoms with Crippen LogP contribution in [-0.2, 0) is 6.18 Å². The number of hydrogen-bond donors (Lipinski definition) is 0. The van der Waals surface area contributed by atoms with Crippen LogP contribution in [0.15, 0.2) is 218 Å². The van der Waals surface area contributed by atoms with Crippen molar-refractivity contribution in [2.24, 2.45) is 0 Å². The predicted molar refractivity (Wildman–Crippen MR) is 273 cm³/mol. The van der Waals surface area contributed by atoms with Crippen molar-refractivity contribution < 1.29 is 13.2 Å². The molecule has 0 radical (unpaired) electrons. The Balaban J connectivity index is 1.25. The highest BCUT2D eigenvalue weighted by atomic mass is 19.4. The van der Waals surface area contributed by atoms with E-state index >= 15 is 0 Å². The lowest BCUT2D eigenvalue weighted by molar-refractivity contribution is -0.137. The van der Waals surface area contributed by atoms with Gasteiger partial charge in [0.15, 0.2) is 0 Å². The molecule has 8 aromatic carbocycles. The van der Waals surface area contributed by atoms with Crippen LogP contribution in [-0.4, -0.2) is 9.13 Å². The van der Waals surface area contributed by atoms with Gasteiger partial charge in [0.05, 0.1) is 39.0 Å². The van der Waals surface area contributed by atoms with E-state index in [0.717, 1.165) is 106 Å². The molecule has 0 spiro atoms. The van der Waals surface area contributed by atoms with Gasteiger partial charge in [-0.3, -0.25) is 0 Å². The summed E-state index contributed by atoms with van der Waals surface area (Å²) in [6, 6.07) is 58.2. The highest BCUT2D eigenvalue weighted by Crippen LogP contribution is 2.42. The maximum absolute atomic E-state index is 14.6. The number of allylic oxidation sites excluding steroid dienone is 8. The molecule has 0 amide bonds. The monoisotopic (exact) mass is 883 g/mol. The van der Waals surface area contributed by atoms with Crippen molar-refractivity contribution in [1.82, 2.24) is 9.13 Å². The summed E-state index contributed by atoms with van der Waals surface area (Å²) in [5.41, 5.74) is 11.6. The molecule has 324 valence electrons. The molecule has 2 aliphatic carbocycles. The first-order chi connectivity index (χ1) is 33.3. The van der Waals surface area contributed by atoms with Crippen LogP contribution in [0.1, 0.15) is 24.0 Å². The van der Waals surface area contributed by atoms with E-state index in [4.69, 9.17) is 0 Å². The van der Waals surface area contributed by atoms with Crippen molar-refractivity contribution in [3.63, 3.8) is 0 Å². The van der Waals surface area contributed by atoms with Crippen molar-refractivity contribution in [2.75, 3.05) is 0 Å². The lowest BCUT2D eigenvalue weighted by Gasteiger charge is -2.19. The van der Waals surface area contributed by atoms with Gasteiger partial charge in [0, 0.05) is 21.5 Å². The van der Waals surface area contributed by atoms with Crippen molar-refractivity contribution >= 4 is 54.8 Å². The lowest BCUT2D eigenvalue weighted by atomic mass is 9.98. The average molecular weight is 884 g/mol. The van der Waals surface area contributed by atoms with Gasteiger partial charge >= 0.3 is 6.18 Å². The fourth-order valence-electron chi connectivity index (χ4n) is 10.2. The second-order valence-corrected chi connectivity index (χ2v) is 17.4. The van der Waals surface area contributed by atoms with Crippen LogP contribution >= 0.6 is 0 Å². The molecule has 0 fully saturated rings.